The number of hydrogen-bond acceptors (Lipinski definition) is 15. The normalized spacial score (nSPS) is 14.0. The van der Waals surface area contributed by atoms with Crippen LogP contribution in [0.15, 0.2) is 0 Å². The molecule has 5 atom stereocenters. The quantitative estimate of drug-likeness (QED) is 0.0222. The van der Waals surface area contributed by atoms with Gasteiger partial charge in [-0.05, 0) is 37.5 Å². The number of phosphoric acid groups is 2. The smallest absolute Gasteiger partial charge is 0.462 e. The molecule has 17 nitrogen and oxygen atoms in total. The highest BCUT2D eigenvalue weighted by molar-refractivity contribution is 7.47. The lowest BCUT2D eigenvalue weighted by Gasteiger charge is -2.21. The third-order valence-electron chi connectivity index (χ3n) is 17.5. The third kappa shape index (κ3) is 68.6. The molecular weight excluding hydrogens is 1230 g/mol. The monoisotopic (exact) mass is 1380 g/mol. The number of esters is 4. The summed E-state index contributed by atoms with van der Waals surface area (Å²) >= 11 is 0. The lowest BCUT2D eigenvalue weighted by molar-refractivity contribution is -0.161. The molecule has 0 aliphatic heterocycles. The van der Waals surface area contributed by atoms with Gasteiger partial charge in [-0.1, -0.05) is 337 Å². The number of carbonyl (C=O) groups excluding carboxylic acids is 4. The lowest BCUT2D eigenvalue weighted by atomic mass is 10.0. The van der Waals surface area contributed by atoms with Crippen molar-refractivity contribution in [1.29, 1.82) is 0 Å². The second-order valence-electron chi connectivity index (χ2n) is 28.0. The van der Waals surface area contributed by atoms with Gasteiger partial charge in [-0.3, -0.25) is 37.3 Å². The highest BCUT2D eigenvalue weighted by Gasteiger charge is 2.30. The summed E-state index contributed by atoms with van der Waals surface area (Å²) in [5.41, 5.74) is 0. The first-order valence-corrected chi connectivity index (χ1v) is 42.0. The Morgan fingerprint density at radius 2 is 0.489 bits per heavy atom. The largest absolute Gasteiger partial charge is 0.472 e. The number of phosphoric ester groups is 2. The van der Waals surface area contributed by atoms with Crippen LogP contribution in [0.4, 0.5) is 0 Å². The van der Waals surface area contributed by atoms with Crippen molar-refractivity contribution < 1.29 is 80.2 Å². The standard InChI is InChI=1S/C75H146O17P2/c1-7-9-11-13-15-17-19-21-22-23-24-26-32-36-40-48-54-60-74(79)91-70(63-85-72(77)57-51-45-38-34-30-28-27-29-33-37-43-49-55-67(3)4)65-89-93(81,82)87-61-69(76)62-88-94(83,84)90-66-71(64-86-73(78)58-52-46-42-41-44-50-56-68(5)6)92-75(80)59-53-47-39-35-31-25-20-18-16-14-12-10-8-2/h67-71,76H,7-66H2,1-6H3,(H,81,82)(H,83,84)/t69-,70-,71-/m1/s1. The van der Waals surface area contributed by atoms with E-state index in [4.69, 9.17) is 37.0 Å². The summed E-state index contributed by atoms with van der Waals surface area (Å²) in [6, 6.07) is 0. The Hall–Kier alpha value is -1.94. The molecule has 0 bridgehead atoms. The van der Waals surface area contributed by atoms with Crippen molar-refractivity contribution >= 4 is 39.5 Å². The second kappa shape index (κ2) is 66.9. The van der Waals surface area contributed by atoms with Gasteiger partial charge in [-0.15, -0.1) is 0 Å². The fourth-order valence-electron chi connectivity index (χ4n) is 11.5. The van der Waals surface area contributed by atoms with Gasteiger partial charge in [0.2, 0.25) is 0 Å². The van der Waals surface area contributed by atoms with Crippen LogP contribution in [0.1, 0.15) is 388 Å². The van der Waals surface area contributed by atoms with Crippen LogP contribution in [0.25, 0.3) is 0 Å². The van der Waals surface area contributed by atoms with Crippen LogP contribution in [-0.4, -0.2) is 96.7 Å². The first-order valence-electron chi connectivity index (χ1n) is 39.0. The van der Waals surface area contributed by atoms with Crippen LogP contribution in [0, 0.1) is 11.8 Å². The fraction of sp³-hybridized carbons (Fsp3) is 0.947. The summed E-state index contributed by atoms with van der Waals surface area (Å²) in [7, 11) is -9.91. The summed E-state index contributed by atoms with van der Waals surface area (Å²) in [4.78, 5) is 72.7. The molecule has 19 heteroatoms. The molecule has 0 saturated carbocycles. The van der Waals surface area contributed by atoms with E-state index >= 15 is 0 Å². The average molecular weight is 1380 g/mol. The van der Waals surface area contributed by atoms with Crippen molar-refractivity contribution in [3.8, 4) is 0 Å². The molecule has 558 valence electrons. The van der Waals surface area contributed by atoms with Crippen molar-refractivity contribution in [1.82, 2.24) is 0 Å². The number of carbonyl (C=O) groups is 4. The van der Waals surface area contributed by atoms with Gasteiger partial charge in [0.05, 0.1) is 26.4 Å². The first-order chi connectivity index (χ1) is 45.4. The van der Waals surface area contributed by atoms with Gasteiger partial charge in [0, 0.05) is 25.7 Å². The Morgan fingerprint density at radius 3 is 0.723 bits per heavy atom. The van der Waals surface area contributed by atoms with Gasteiger partial charge in [0.15, 0.2) is 12.2 Å². The SMILES string of the molecule is CCCCCCCCCCCCCCCCCCCC(=O)O[C@H](COC(=O)CCCCCCCCCCCCCCC(C)C)COP(=O)(O)OC[C@@H](O)COP(=O)(O)OC[C@@H](COC(=O)CCCCCCCCC(C)C)OC(=O)CCCCCCCCCCCCCCC. The zero-order valence-corrected chi connectivity index (χ0v) is 63.1. The molecule has 2 unspecified atom stereocenters. The minimum Gasteiger partial charge on any atom is -0.462 e. The van der Waals surface area contributed by atoms with Gasteiger partial charge >= 0.3 is 39.5 Å². The molecule has 0 aliphatic rings. The summed E-state index contributed by atoms with van der Waals surface area (Å²) < 4.78 is 68.5. The molecule has 0 spiro atoms. The maximum absolute atomic E-state index is 13.1. The molecule has 0 heterocycles. The number of aliphatic hydroxyl groups excluding tert-OH is 1. The van der Waals surface area contributed by atoms with Crippen LogP contribution in [-0.2, 0) is 65.4 Å². The zero-order chi connectivity index (χ0) is 69.3. The summed E-state index contributed by atoms with van der Waals surface area (Å²) in [6.45, 7) is 9.53. The number of aliphatic hydroxyl groups is 1. The van der Waals surface area contributed by atoms with Crippen molar-refractivity contribution in [2.45, 2.75) is 407 Å². The maximum atomic E-state index is 13.1. The van der Waals surface area contributed by atoms with E-state index in [1.807, 2.05) is 0 Å². The van der Waals surface area contributed by atoms with Crippen LogP contribution >= 0.6 is 15.6 Å². The van der Waals surface area contributed by atoms with Gasteiger partial charge in [-0.2, -0.15) is 0 Å². The number of unbranched alkanes of at least 4 members (excludes halogenated alkanes) is 44. The van der Waals surface area contributed by atoms with Crippen LogP contribution < -0.4 is 0 Å². The summed E-state index contributed by atoms with van der Waals surface area (Å²) in [5.74, 6) is -0.655. The number of ether oxygens (including phenoxy) is 4. The molecule has 3 N–H and O–H groups in total. The number of rotatable bonds is 74. The van der Waals surface area contributed by atoms with E-state index in [9.17, 15) is 43.2 Å². The Bertz CT molecular complexity index is 1820. The predicted octanol–water partition coefficient (Wildman–Crippen LogP) is 21.9. The van der Waals surface area contributed by atoms with Crippen molar-refractivity contribution in [2.75, 3.05) is 39.6 Å². The van der Waals surface area contributed by atoms with Gasteiger partial charge < -0.3 is 33.8 Å². The third-order valence-corrected chi connectivity index (χ3v) is 19.4. The molecule has 0 aliphatic carbocycles. The number of hydrogen-bond donors (Lipinski definition) is 3. The molecule has 0 radical (unpaired) electrons. The fourth-order valence-corrected chi connectivity index (χ4v) is 13.1. The van der Waals surface area contributed by atoms with Crippen LogP contribution in [0.2, 0.25) is 0 Å². The van der Waals surface area contributed by atoms with E-state index in [1.54, 1.807) is 0 Å². The highest BCUT2D eigenvalue weighted by Crippen LogP contribution is 2.45. The first kappa shape index (κ1) is 92.1. The average Bonchev–Trinajstić information content (AvgIpc) is 1.20. The van der Waals surface area contributed by atoms with E-state index in [0.717, 1.165) is 102 Å². The van der Waals surface area contributed by atoms with Crippen LogP contribution in [0.3, 0.4) is 0 Å². The van der Waals surface area contributed by atoms with Crippen molar-refractivity contribution in [2.24, 2.45) is 11.8 Å². The predicted molar refractivity (Wildman–Crippen MR) is 381 cm³/mol. The molecule has 0 amide bonds. The molecule has 0 aromatic rings. The van der Waals surface area contributed by atoms with Crippen LogP contribution in [0.5, 0.6) is 0 Å². The molecule has 0 aromatic carbocycles. The molecule has 0 aromatic heterocycles. The molecule has 0 fully saturated rings. The molecule has 94 heavy (non-hydrogen) atoms. The summed E-state index contributed by atoms with van der Waals surface area (Å²) in [5, 5.41) is 10.6. The Labute approximate surface area is 575 Å². The Morgan fingerprint density at radius 1 is 0.287 bits per heavy atom. The van der Waals surface area contributed by atoms with Gasteiger partial charge in [0.25, 0.3) is 0 Å². The summed E-state index contributed by atoms with van der Waals surface area (Å²) in [6.07, 6.45) is 54.2. The second-order valence-corrected chi connectivity index (χ2v) is 30.9. The van der Waals surface area contributed by atoms with E-state index in [-0.39, 0.29) is 25.7 Å². The lowest BCUT2D eigenvalue weighted by Crippen LogP contribution is -2.30. The van der Waals surface area contributed by atoms with Gasteiger partial charge in [0.1, 0.15) is 19.3 Å². The maximum Gasteiger partial charge on any atom is 0.472 e. The van der Waals surface area contributed by atoms with E-state index in [1.165, 1.54) is 199 Å². The van der Waals surface area contributed by atoms with E-state index < -0.39 is 97.5 Å². The Kier molecular flexibility index (Phi) is 65.5. The topological polar surface area (TPSA) is 237 Å². The zero-order valence-electron chi connectivity index (χ0n) is 61.3. The minimum atomic E-state index is -4.96. The minimum absolute atomic E-state index is 0.107. The molecule has 0 rings (SSSR count). The highest BCUT2D eigenvalue weighted by atomic mass is 31.2. The Balaban J connectivity index is 5.24. The molecular formula is C75H146O17P2. The van der Waals surface area contributed by atoms with E-state index in [0.29, 0.717) is 31.6 Å². The van der Waals surface area contributed by atoms with Gasteiger partial charge in [-0.25, -0.2) is 9.13 Å². The molecule has 0 saturated heterocycles. The van der Waals surface area contributed by atoms with E-state index in [2.05, 4.69) is 41.5 Å². The van der Waals surface area contributed by atoms with Crippen molar-refractivity contribution in [3.63, 3.8) is 0 Å². The van der Waals surface area contributed by atoms with Crippen molar-refractivity contribution in [3.05, 3.63) is 0 Å².